The Balaban J connectivity index is 2.19. The Morgan fingerprint density at radius 3 is 2.09 bits per heavy atom. The Hall–Kier alpha value is -2.29. The Labute approximate surface area is 123 Å². The van der Waals surface area contributed by atoms with Crippen LogP contribution in [0.15, 0.2) is 53.4 Å². The first-order chi connectivity index (χ1) is 10.2. The van der Waals surface area contributed by atoms with Crippen LogP contribution in [0.3, 0.4) is 0 Å². The van der Waals surface area contributed by atoms with Crippen LogP contribution in [-0.2, 0) is 10.1 Å². The fraction of sp³-hybridized carbons (Fsp3) is 0.0769. The fourth-order valence-electron chi connectivity index (χ4n) is 1.50. The molecule has 2 aromatic rings. The van der Waals surface area contributed by atoms with Crippen LogP contribution in [0.5, 0.6) is 11.5 Å². The molecule has 0 radical (unpaired) electrons. The molecule has 0 aliphatic carbocycles. The van der Waals surface area contributed by atoms with E-state index in [1.54, 1.807) is 0 Å². The third kappa shape index (κ3) is 4.35. The lowest BCUT2D eigenvalue weighted by Gasteiger charge is -2.10. The van der Waals surface area contributed by atoms with E-state index in [1.807, 2.05) is 0 Å². The van der Waals surface area contributed by atoms with Gasteiger partial charge in [-0.3, -0.25) is 0 Å². The average Bonchev–Trinajstić information content (AvgIpc) is 2.36. The van der Waals surface area contributed by atoms with Gasteiger partial charge in [-0.05, 0) is 36.4 Å². The van der Waals surface area contributed by atoms with Crippen LogP contribution in [0.2, 0.25) is 0 Å². The molecular weight excluding hydrogens is 328 g/mol. The molecule has 0 amide bonds. The second-order valence-electron chi connectivity index (χ2n) is 4.01. The Morgan fingerprint density at radius 1 is 0.909 bits per heavy atom. The summed E-state index contributed by atoms with van der Waals surface area (Å²) in [5.74, 6) is -1.52. The van der Waals surface area contributed by atoms with Crippen molar-refractivity contribution in [2.24, 2.45) is 0 Å². The van der Waals surface area contributed by atoms with Gasteiger partial charge in [0.05, 0.1) is 0 Å². The van der Waals surface area contributed by atoms with E-state index >= 15 is 0 Å². The molecule has 0 aliphatic heterocycles. The summed E-state index contributed by atoms with van der Waals surface area (Å²) in [6.45, 7) is 0. The molecule has 2 aromatic carbocycles. The van der Waals surface area contributed by atoms with Gasteiger partial charge < -0.3 is 8.92 Å². The van der Waals surface area contributed by atoms with Crippen molar-refractivity contribution >= 4 is 10.1 Å². The number of ether oxygens (including phenoxy) is 1. The first kappa shape index (κ1) is 16.1. The lowest BCUT2D eigenvalue weighted by Crippen LogP contribution is -2.17. The molecule has 0 spiro atoms. The molecule has 4 nitrogen and oxygen atoms in total. The number of hydrogen-bond acceptors (Lipinski definition) is 4. The SMILES string of the molecule is O=S(=O)(Oc1cccc(F)c1)c1ccc(OC(F)(F)F)cc1. The van der Waals surface area contributed by atoms with Gasteiger partial charge in [-0.25, -0.2) is 4.39 Å². The van der Waals surface area contributed by atoms with Gasteiger partial charge in [-0.2, -0.15) is 8.42 Å². The molecule has 0 unspecified atom stereocenters. The molecule has 0 heterocycles. The fourth-order valence-corrected chi connectivity index (χ4v) is 2.42. The number of hydrogen-bond donors (Lipinski definition) is 0. The zero-order chi connectivity index (χ0) is 16.4. The predicted octanol–water partition coefficient (Wildman–Crippen LogP) is 3.49. The molecule has 0 aliphatic rings. The summed E-state index contributed by atoms with van der Waals surface area (Å²) in [6.07, 6.45) is -4.88. The van der Waals surface area contributed by atoms with Crippen LogP contribution in [-0.4, -0.2) is 14.8 Å². The van der Waals surface area contributed by atoms with Gasteiger partial charge >= 0.3 is 16.5 Å². The highest BCUT2D eigenvalue weighted by molar-refractivity contribution is 7.87. The standard InChI is InChI=1S/C13H8F4O4S/c14-9-2-1-3-11(8-9)21-22(18,19)12-6-4-10(5-7-12)20-13(15,16)17/h1-8H. The van der Waals surface area contributed by atoms with E-state index in [4.69, 9.17) is 0 Å². The predicted molar refractivity (Wildman–Crippen MR) is 67.3 cm³/mol. The van der Waals surface area contributed by atoms with Crippen molar-refractivity contribution in [3.63, 3.8) is 0 Å². The second-order valence-corrected chi connectivity index (χ2v) is 5.56. The molecule has 22 heavy (non-hydrogen) atoms. The van der Waals surface area contributed by atoms with Gasteiger partial charge in [-0.15, -0.1) is 13.2 Å². The minimum Gasteiger partial charge on any atom is -0.406 e. The molecule has 0 fully saturated rings. The number of benzene rings is 2. The highest BCUT2D eigenvalue weighted by Crippen LogP contribution is 2.25. The van der Waals surface area contributed by atoms with Crippen molar-refractivity contribution < 1.29 is 34.9 Å². The molecule has 0 bridgehead atoms. The topological polar surface area (TPSA) is 52.6 Å². The maximum Gasteiger partial charge on any atom is 0.573 e. The highest BCUT2D eigenvalue weighted by atomic mass is 32.2. The summed E-state index contributed by atoms with van der Waals surface area (Å²) in [5.41, 5.74) is 0. The number of halogens is 4. The Morgan fingerprint density at radius 2 is 1.55 bits per heavy atom. The minimum absolute atomic E-state index is 0.254. The third-order valence-corrected chi connectivity index (χ3v) is 3.61. The Bertz CT molecular complexity index is 754. The first-order valence-electron chi connectivity index (χ1n) is 5.72. The van der Waals surface area contributed by atoms with Crippen LogP contribution < -0.4 is 8.92 Å². The largest absolute Gasteiger partial charge is 0.573 e. The van der Waals surface area contributed by atoms with E-state index < -0.39 is 32.9 Å². The quantitative estimate of drug-likeness (QED) is 0.633. The minimum atomic E-state index is -4.88. The summed E-state index contributed by atoms with van der Waals surface area (Å²) < 4.78 is 81.1. The van der Waals surface area contributed by atoms with Gasteiger partial charge in [0, 0.05) is 6.07 Å². The van der Waals surface area contributed by atoms with E-state index in [-0.39, 0.29) is 5.75 Å². The molecule has 9 heteroatoms. The third-order valence-electron chi connectivity index (χ3n) is 2.35. The lowest BCUT2D eigenvalue weighted by molar-refractivity contribution is -0.274. The molecule has 0 atom stereocenters. The van der Waals surface area contributed by atoms with E-state index in [2.05, 4.69) is 8.92 Å². The summed E-state index contributed by atoms with van der Waals surface area (Å²) in [4.78, 5) is -0.397. The molecule has 2 rings (SSSR count). The van der Waals surface area contributed by atoms with Gasteiger partial charge in [0.25, 0.3) is 0 Å². The van der Waals surface area contributed by atoms with Crippen molar-refractivity contribution in [1.29, 1.82) is 0 Å². The maximum absolute atomic E-state index is 13.0. The number of alkyl halides is 3. The molecule has 0 aromatic heterocycles. The lowest BCUT2D eigenvalue weighted by atomic mass is 10.3. The van der Waals surface area contributed by atoms with Crippen molar-refractivity contribution in [3.8, 4) is 11.5 Å². The molecule has 0 saturated heterocycles. The van der Waals surface area contributed by atoms with Crippen molar-refractivity contribution in [2.45, 2.75) is 11.3 Å². The van der Waals surface area contributed by atoms with E-state index in [1.165, 1.54) is 12.1 Å². The van der Waals surface area contributed by atoms with Crippen molar-refractivity contribution in [1.82, 2.24) is 0 Å². The van der Waals surface area contributed by atoms with Crippen LogP contribution in [0, 0.1) is 5.82 Å². The highest BCUT2D eigenvalue weighted by Gasteiger charge is 2.31. The van der Waals surface area contributed by atoms with Gasteiger partial charge in [0.2, 0.25) is 0 Å². The van der Waals surface area contributed by atoms with Crippen LogP contribution in [0.4, 0.5) is 17.6 Å². The average molecular weight is 336 g/mol. The molecule has 118 valence electrons. The Kier molecular flexibility index (Phi) is 4.27. The first-order valence-corrected chi connectivity index (χ1v) is 7.12. The van der Waals surface area contributed by atoms with Gasteiger partial charge in [-0.1, -0.05) is 6.07 Å². The molecule has 0 saturated carbocycles. The summed E-state index contributed by atoms with van der Waals surface area (Å²) >= 11 is 0. The molecular formula is C13H8F4O4S. The zero-order valence-corrected chi connectivity index (χ0v) is 11.5. The van der Waals surface area contributed by atoms with E-state index in [9.17, 15) is 26.0 Å². The molecule has 0 N–H and O–H groups in total. The second kappa shape index (κ2) is 5.84. The van der Waals surface area contributed by atoms with Gasteiger partial charge in [0.1, 0.15) is 22.2 Å². The van der Waals surface area contributed by atoms with Gasteiger partial charge in [0.15, 0.2) is 0 Å². The monoisotopic (exact) mass is 336 g/mol. The van der Waals surface area contributed by atoms with Crippen LogP contribution in [0.25, 0.3) is 0 Å². The van der Waals surface area contributed by atoms with Crippen LogP contribution in [0.1, 0.15) is 0 Å². The zero-order valence-electron chi connectivity index (χ0n) is 10.7. The van der Waals surface area contributed by atoms with E-state index in [0.29, 0.717) is 0 Å². The summed E-state index contributed by atoms with van der Waals surface area (Å²) in [5, 5.41) is 0. The van der Waals surface area contributed by atoms with Crippen molar-refractivity contribution in [2.75, 3.05) is 0 Å². The van der Waals surface area contributed by atoms with Crippen LogP contribution >= 0.6 is 0 Å². The summed E-state index contributed by atoms with van der Waals surface area (Å²) in [7, 11) is -4.29. The maximum atomic E-state index is 13.0. The van der Waals surface area contributed by atoms with E-state index in [0.717, 1.165) is 36.4 Å². The smallest absolute Gasteiger partial charge is 0.406 e. The summed E-state index contributed by atoms with van der Waals surface area (Å²) in [6, 6.07) is 7.86. The normalized spacial score (nSPS) is 12.0. The van der Waals surface area contributed by atoms with Crippen molar-refractivity contribution in [3.05, 3.63) is 54.3 Å². The number of rotatable bonds is 4.